The van der Waals surface area contributed by atoms with Gasteiger partial charge in [0.05, 0.1) is 11.8 Å². The Morgan fingerprint density at radius 1 is 0.879 bits per heavy atom. The summed E-state index contributed by atoms with van der Waals surface area (Å²) in [6, 6.07) is 25.4. The first kappa shape index (κ1) is 22.1. The van der Waals surface area contributed by atoms with Crippen LogP contribution in [0.5, 0.6) is 5.75 Å². The largest absolute Gasteiger partial charge is 0.488 e. The fourth-order valence-electron chi connectivity index (χ4n) is 3.27. The number of ether oxygens (including phenoxy) is 1. The van der Waals surface area contributed by atoms with E-state index in [1.54, 1.807) is 18.2 Å². The molecule has 0 radical (unpaired) electrons. The topological polar surface area (TPSA) is 50.7 Å². The molecule has 4 aromatic carbocycles. The molecule has 33 heavy (non-hydrogen) atoms. The van der Waals surface area contributed by atoms with Gasteiger partial charge >= 0.3 is 6.18 Å². The van der Waals surface area contributed by atoms with Crippen molar-refractivity contribution < 1.29 is 22.7 Å². The molecular weight excluding hydrogens is 429 g/mol. The van der Waals surface area contributed by atoms with Crippen LogP contribution in [0.3, 0.4) is 0 Å². The zero-order valence-electron chi connectivity index (χ0n) is 17.3. The first-order valence-corrected chi connectivity index (χ1v) is 10.1. The van der Waals surface area contributed by atoms with E-state index in [1.807, 2.05) is 42.5 Å². The molecule has 1 amide bonds. The molecule has 0 unspecified atom stereocenters. The van der Waals surface area contributed by atoms with Crippen LogP contribution in [-0.2, 0) is 12.8 Å². The van der Waals surface area contributed by atoms with E-state index in [4.69, 9.17) is 4.74 Å². The second-order valence-corrected chi connectivity index (χ2v) is 7.29. The molecule has 0 aliphatic rings. The summed E-state index contributed by atoms with van der Waals surface area (Å²) >= 11 is 0. The number of fused-ring (bicyclic) bond motifs is 1. The molecule has 166 valence electrons. The van der Waals surface area contributed by atoms with E-state index >= 15 is 0 Å². The van der Waals surface area contributed by atoms with Gasteiger partial charge in [-0.2, -0.15) is 18.3 Å². The van der Waals surface area contributed by atoms with Gasteiger partial charge in [-0.1, -0.05) is 54.6 Å². The van der Waals surface area contributed by atoms with Crippen LogP contribution in [0, 0.1) is 0 Å². The quantitative estimate of drug-likeness (QED) is 0.282. The zero-order valence-corrected chi connectivity index (χ0v) is 17.3. The van der Waals surface area contributed by atoms with Gasteiger partial charge in [0.2, 0.25) is 0 Å². The summed E-state index contributed by atoms with van der Waals surface area (Å²) < 4.78 is 44.5. The number of halogens is 3. The molecule has 0 spiro atoms. The molecule has 0 aliphatic carbocycles. The maximum absolute atomic E-state index is 12.8. The lowest BCUT2D eigenvalue weighted by Crippen LogP contribution is -2.18. The van der Waals surface area contributed by atoms with Crippen LogP contribution in [-0.4, -0.2) is 12.1 Å². The number of nitrogens with zero attached hydrogens (tertiary/aromatic N) is 1. The number of carbonyl (C=O) groups is 1. The van der Waals surface area contributed by atoms with Crippen molar-refractivity contribution in [1.82, 2.24) is 5.43 Å². The van der Waals surface area contributed by atoms with Crippen molar-refractivity contribution in [3.05, 3.63) is 113 Å². The predicted octanol–water partition coefficient (Wildman–Crippen LogP) is 6.20. The molecule has 0 atom stereocenters. The third-order valence-corrected chi connectivity index (χ3v) is 4.95. The maximum atomic E-state index is 12.8. The first-order valence-electron chi connectivity index (χ1n) is 10.1. The zero-order chi connectivity index (χ0) is 23.3. The van der Waals surface area contributed by atoms with Gasteiger partial charge in [-0.25, -0.2) is 5.43 Å². The molecule has 0 heterocycles. The highest BCUT2D eigenvalue weighted by Crippen LogP contribution is 2.29. The van der Waals surface area contributed by atoms with Gasteiger partial charge in [-0.05, 0) is 52.7 Å². The maximum Gasteiger partial charge on any atom is 0.416 e. The number of hydrogen-bond acceptors (Lipinski definition) is 3. The number of nitrogens with one attached hydrogen (secondary N) is 1. The number of benzene rings is 4. The molecule has 0 saturated carbocycles. The second kappa shape index (κ2) is 9.56. The minimum absolute atomic E-state index is 0.136. The number of para-hydroxylation sites is 1. The third kappa shape index (κ3) is 5.57. The average Bonchev–Trinajstić information content (AvgIpc) is 2.83. The molecule has 4 nitrogen and oxygen atoms in total. The molecule has 0 saturated heterocycles. The van der Waals surface area contributed by atoms with Gasteiger partial charge in [-0.3, -0.25) is 4.79 Å². The lowest BCUT2D eigenvalue weighted by Gasteiger charge is -2.10. The summed E-state index contributed by atoms with van der Waals surface area (Å²) in [6.07, 6.45) is -3.14. The fraction of sp³-hybridized carbons (Fsp3) is 0.0769. The monoisotopic (exact) mass is 448 g/mol. The molecule has 4 rings (SSSR count). The number of amides is 1. The van der Waals surface area contributed by atoms with E-state index < -0.39 is 17.6 Å². The second-order valence-electron chi connectivity index (χ2n) is 7.29. The van der Waals surface area contributed by atoms with Gasteiger partial charge in [0.15, 0.2) is 0 Å². The Bertz CT molecular complexity index is 1320. The van der Waals surface area contributed by atoms with E-state index in [-0.39, 0.29) is 5.56 Å². The van der Waals surface area contributed by atoms with E-state index in [0.29, 0.717) is 17.9 Å². The van der Waals surface area contributed by atoms with Crippen molar-refractivity contribution in [2.24, 2.45) is 5.10 Å². The van der Waals surface area contributed by atoms with Crippen LogP contribution >= 0.6 is 0 Å². The molecule has 4 aromatic rings. The standard InChI is InChI=1S/C26H19F3N2O2/c27-26(28,29)23-10-5-9-21(15-23)25(32)31-30-16-22-8-3-4-11-24(22)33-17-18-12-13-19-6-1-2-7-20(19)14-18/h1-16H,17H2,(H,31,32). The highest BCUT2D eigenvalue weighted by atomic mass is 19.4. The van der Waals surface area contributed by atoms with Crippen LogP contribution in [0.2, 0.25) is 0 Å². The van der Waals surface area contributed by atoms with Crippen molar-refractivity contribution in [1.29, 1.82) is 0 Å². The molecule has 0 fully saturated rings. The number of hydrazone groups is 1. The Morgan fingerprint density at radius 3 is 2.45 bits per heavy atom. The van der Waals surface area contributed by atoms with Crippen molar-refractivity contribution in [2.75, 3.05) is 0 Å². The van der Waals surface area contributed by atoms with Crippen molar-refractivity contribution >= 4 is 22.9 Å². The van der Waals surface area contributed by atoms with Crippen LogP contribution in [0.1, 0.15) is 27.0 Å². The smallest absolute Gasteiger partial charge is 0.416 e. The molecule has 0 aliphatic heterocycles. The Morgan fingerprint density at radius 2 is 1.64 bits per heavy atom. The lowest BCUT2D eigenvalue weighted by atomic mass is 10.1. The summed E-state index contributed by atoms with van der Waals surface area (Å²) in [5.74, 6) is -0.186. The van der Waals surface area contributed by atoms with Crippen LogP contribution < -0.4 is 10.2 Å². The SMILES string of the molecule is O=C(NN=Cc1ccccc1OCc1ccc2ccccc2c1)c1cccc(C(F)(F)F)c1. The minimum Gasteiger partial charge on any atom is -0.488 e. The van der Waals surface area contributed by atoms with Crippen LogP contribution in [0.4, 0.5) is 13.2 Å². The summed E-state index contributed by atoms with van der Waals surface area (Å²) in [5.41, 5.74) is 2.83. The number of carbonyl (C=O) groups excluding carboxylic acids is 1. The molecule has 0 aromatic heterocycles. The van der Waals surface area contributed by atoms with Crippen molar-refractivity contribution in [3.63, 3.8) is 0 Å². The van der Waals surface area contributed by atoms with E-state index in [0.717, 1.165) is 28.5 Å². The van der Waals surface area contributed by atoms with Gasteiger partial charge in [0, 0.05) is 11.1 Å². The predicted molar refractivity (Wildman–Crippen MR) is 121 cm³/mol. The van der Waals surface area contributed by atoms with Crippen LogP contribution in [0.25, 0.3) is 10.8 Å². The Labute approximate surface area is 188 Å². The normalized spacial score (nSPS) is 11.6. The van der Waals surface area contributed by atoms with Crippen molar-refractivity contribution in [2.45, 2.75) is 12.8 Å². The highest BCUT2D eigenvalue weighted by molar-refractivity contribution is 5.95. The van der Waals surface area contributed by atoms with E-state index in [9.17, 15) is 18.0 Å². The molecule has 0 bridgehead atoms. The summed E-state index contributed by atoms with van der Waals surface area (Å²) in [6.45, 7) is 0.340. The number of alkyl halides is 3. The fourth-order valence-corrected chi connectivity index (χ4v) is 3.27. The Hall–Kier alpha value is -4.13. The first-order chi connectivity index (χ1) is 15.9. The summed E-state index contributed by atoms with van der Waals surface area (Å²) in [4.78, 5) is 12.2. The third-order valence-electron chi connectivity index (χ3n) is 4.95. The minimum atomic E-state index is -4.53. The Balaban J connectivity index is 1.42. The van der Waals surface area contributed by atoms with Crippen LogP contribution in [0.15, 0.2) is 96.1 Å². The molecule has 1 N–H and O–H groups in total. The lowest BCUT2D eigenvalue weighted by molar-refractivity contribution is -0.137. The molecule has 7 heteroatoms. The van der Waals surface area contributed by atoms with Gasteiger partial charge in [0.1, 0.15) is 12.4 Å². The van der Waals surface area contributed by atoms with E-state index in [1.165, 1.54) is 18.3 Å². The number of rotatable bonds is 6. The van der Waals surface area contributed by atoms with Gasteiger partial charge in [-0.15, -0.1) is 0 Å². The van der Waals surface area contributed by atoms with Gasteiger partial charge < -0.3 is 4.74 Å². The van der Waals surface area contributed by atoms with Crippen molar-refractivity contribution in [3.8, 4) is 5.75 Å². The summed E-state index contributed by atoms with van der Waals surface area (Å²) in [7, 11) is 0. The number of hydrogen-bond donors (Lipinski definition) is 1. The summed E-state index contributed by atoms with van der Waals surface area (Å²) in [5, 5.41) is 6.14. The molecular formula is C26H19F3N2O2. The highest BCUT2D eigenvalue weighted by Gasteiger charge is 2.30. The van der Waals surface area contributed by atoms with E-state index in [2.05, 4.69) is 16.6 Å². The van der Waals surface area contributed by atoms with Gasteiger partial charge in [0.25, 0.3) is 5.91 Å². The average molecular weight is 448 g/mol. The Kier molecular flexibility index (Phi) is 6.40.